The van der Waals surface area contributed by atoms with Crippen LogP contribution in [0.25, 0.3) is 0 Å². The van der Waals surface area contributed by atoms with Crippen LogP contribution in [0, 0.1) is 13.8 Å². The first-order chi connectivity index (χ1) is 10.7. The summed E-state index contributed by atoms with van der Waals surface area (Å²) in [6, 6.07) is 5.76. The standard InChI is InChI=1S/C16H24N2O4S/c1-12-4-5-15(13(2)10-12)22-11-16(19)18-8-6-14(7-9-18)17-23(3,20)21/h4-5,10,14,17H,6-9,11H2,1-3H3. The number of ether oxygens (including phenoxy) is 1. The van der Waals surface area contributed by atoms with Gasteiger partial charge < -0.3 is 9.64 Å². The number of likely N-dealkylation sites (tertiary alicyclic amines) is 1. The molecule has 7 heteroatoms. The first-order valence-corrected chi connectivity index (χ1v) is 9.59. The summed E-state index contributed by atoms with van der Waals surface area (Å²) in [6.45, 7) is 5.06. The molecular weight excluding hydrogens is 316 g/mol. The lowest BCUT2D eigenvalue weighted by atomic mass is 10.1. The molecule has 1 heterocycles. The van der Waals surface area contributed by atoms with Gasteiger partial charge in [-0.25, -0.2) is 13.1 Å². The fourth-order valence-corrected chi connectivity index (χ4v) is 3.58. The third-order valence-electron chi connectivity index (χ3n) is 3.91. The van der Waals surface area contributed by atoms with Crippen LogP contribution in [0.15, 0.2) is 18.2 Å². The Labute approximate surface area is 137 Å². The number of nitrogens with zero attached hydrogens (tertiary/aromatic N) is 1. The fraction of sp³-hybridized carbons (Fsp3) is 0.562. The van der Waals surface area contributed by atoms with Gasteiger partial charge in [0, 0.05) is 19.1 Å². The summed E-state index contributed by atoms with van der Waals surface area (Å²) in [5.74, 6) is 0.653. The summed E-state index contributed by atoms with van der Waals surface area (Å²) in [5, 5.41) is 0. The smallest absolute Gasteiger partial charge is 0.260 e. The molecule has 1 fully saturated rings. The maximum Gasteiger partial charge on any atom is 0.260 e. The van der Waals surface area contributed by atoms with E-state index in [1.165, 1.54) is 0 Å². The van der Waals surface area contributed by atoms with Gasteiger partial charge in [-0.1, -0.05) is 17.7 Å². The van der Waals surface area contributed by atoms with Gasteiger partial charge in [0.15, 0.2) is 6.61 Å². The third-order valence-corrected chi connectivity index (χ3v) is 4.67. The second-order valence-corrected chi connectivity index (χ2v) is 7.88. The number of benzene rings is 1. The summed E-state index contributed by atoms with van der Waals surface area (Å²) in [5.41, 5.74) is 2.16. The van der Waals surface area contributed by atoms with Crippen molar-refractivity contribution in [3.63, 3.8) is 0 Å². The normalized spacial score (nSPS) is 16.4. The quantitative estimate of drug-likeness (QED) is 0.874. The summed E-state index contributed by atoms with van der Waals surface area (Å²) in [4.78, 5) is 13.9. The number of aryl methyl sites for hydroxylation is 2. The minimum atomic E-state index is -3.19. The lowest BCUT2D eigenvalue weighted by molar-refractivity contribution is -0.134. The van der Waals surface area contributed by atoms with E-state index in [0.717, 1.165) is 23.1 Å². The topological polar surface area (TPSA) is 75.7 Å². The number of nitrogens with one attached hydrogen (secondary N) is 1. The summed E-state index contributed by atoms with van der Waals surface area (Å²) >= 11 is 0. The van der Waals surface area contributed by atoms with Crippen molar-refractivity contribution in [1.82, 2.24) is 9.62 Å². The maximum atomic E-state index is 12.2. The zero-order valence-electron chi connectivity index (χ0n) is 13.8. The highest BCUT2D eigenvalue weighted by molar-refractivity contribution is 7.88. The Bertz CT molecular complexity index is 665. The van der Waals surface area contributed by atoms with E-state index in [2.05, 4.69) is 4.72 Å². The van der Waals surface area contributed by atoms with Crippen molar-refractivity contribution < 1.29 is 17.9 Å². The first kappa shape index (κ1) is 17.7. The molecule has 1 saturated heterocycles. The van der Waals surface area contributed by atoms with E-state index in [1.807, 2.05) is 32.0 Å². The van der Waals surface area contributed by atoms with Crippen LogP contribution < -0.4 is 9.46 Å². The highest BCUT2D eigenvalue weighted by Gasteiger charge is 2.24. The van der Waals surface area contributed by atoms with Gasteiger partial charge in [-0.05, 0) is 38.3 Å². The van der Waals surface area contributed by atoms with E-state index < -0.39 is 10.0 Å². The molecule has 1 N–H and O–H groups in total. The van der Waals surface area contributed by atoms with Crippen molar-refractivity contribution in [1.29, 1.82) is 0 Å². The number of hydrogen-bond donors (Lipinski definition) is 1. The van der Waals surface area contributed by atoms with Crippen molar-refractivity contribution in [2.24, 2.45) is 0 Å². The summed E-state index contributed by atoms with van der Waals surface area (Å²) in [6.07, 6.45) is 2.41. The molecule has 6 nitrogen and oxygen atoms in total. The van der Waals surface area contributed by atoms with E-state index in [9.17, 15) is 13.2 Å². The summed E-state index contributed by atoms with van der Waals surface area (Å²) in [7, 11) is -3.19. The first-order valence-electron chi connectivity index (χ1n) is 7.70. The molecule has 0 bridgehead atoms. The fourth-order valence-electron chi connectivity index (χ4n) is 2.74. The van der Waals surface area contributed by atoms with Crippen LogP contribution in [0.4, 0.5) is 0 Å². The largest absolute Gasteiger partial charge is 0.484 e. The molecule has 0 atom stereocenters. The highest BCUT2D eigenvalue weighted by Crippen LogP contribution is 2.19. The van der Waals surface area contributed by atoms with Crippen molar-refractivity contribution in [2.75, 3.05) is 26.0 Å². The van der Waals surface area contributed by atoms with Gasteiger partial charge in [0.05, 0.1) is 6.26 Å². The predicted octanol–water partition coefficient (Wildman–Crippen LogP) is 1.22. The van der Waals surface area contributed by atoms with E-state index in [0.29, 0.717) is 25.9 Å². The van der Waals surface area contributed by atoms with Crippen LogP contribution in [0.2, 0.25) is 0 Å². The van der Waals surface area contributed by atoms with Crippen molar-refractivity contribution in [2.45, 2.75) is 32.7 Å². The van der Waals surface area contributed by atoms with Crippen molar-refractivity contribution >= 4 is 15.9 Å². The minimum Gasteiger partial charge on any atom is -0.484 e. The molecule has 0 radical (unpaired) electrons. The number of carbonyl (C=O) groups is 1. The Hall–Kier alpha value is -1.60. The van der Waals surface area contributed by atoms with E-state index in [-0.39, 0.29) is 18.6 Å². The molecule has 0 unspecified atom stereocenters. The Kier molecular flexibility index (Phi) is 5.64. The second kappa shape index (κ2) is 7.31. The van der Waals surface area contributed by atoms with Crippen molar-refractivity contribution in [3.8, 4) is 5.75 Å². The molecule has 23 heavy (non-hydrogen) atoms. The van der Waals surface area contributed by atoms with Gasteiger partial charge in [0.25, 0.3) is 5.91 Å². The van der Waals surface area contributed by atoms with E-state index in [4.69, 9.17) is 4.74 Å². The monoisotopic (exact) mass is 340 g/mol. The van der Waals surface area contributed by atoms with Gasteiger partial charge in [0.2, 0.25) is 10.0 Å². The van der Waals surface area contributed by atoms with E-state index in [1.54, 1.807) is 4.90 Å². The summed E-state index contributed by atoms with van der Waals surface area (Å²) < 4.78 is 30.6. The van der Waals surface area contributed by atoms with Crippen LogP contribution in [-0.4, -0.2) is 51.2 Å². The highest BCUT2D eigenvalue weighted by atomic mass is 32.2. The number of rotatable bonds is 5. The van der Waals surface area contributed by atoms with Gasteiger partial charge in [-0.3, -0.25) is 4.79 Å². The Morgan fingerprint density at radius 2 is 1.96 bits per heavy atom. The van der Waals surface area contributed by atoms with Gasteiger partial charge in [-0.15, -0.1) is 0 Å². The van der Waals surface area contributed by atoms with Gasteiger partial charge in [-0.2, -0.15) is 0 Å². The zero-order chi connectivity index (χ0) is 17.0. The van der Waals surface area contributed by atoms with Crippen LogP contribution in [0.3, 0.4) is 0 Å². The van der Waals surface area contributed by atoms with Crippen LogP contribution in [0.1, 0.15) is 24.0 Å². The number of amides is 1. The molecule has 2 rings (SSSR count). The van der Waals surface area contributed by atoms with Crippen LogP contribution in [0.5, 0.6) is 5.75 Å². The molecule has 0 spiro atoms. The molecular formula is C16H24N2O4S. The molecule has 0 aliphatic carbocycles. The lowest BCUT2D eigenvalue weighted by Crippen LogP contribution is -2.47. The zero-order valence-corrected chi connectivity index (χ0v) is 14.6. The molecule has 1 aliphatic heterocycles. The number of sulfonamides is 1. The maximum absolute atomic E-state index is 12.2. The molecule has 1 amide bonds. The van der Waals surface area contributed by atoms with Gasteiger partial charge in [0.1, 0.15) is 5.75 Å². The predicted molar refractivity (Wildman–Crippen MR) is 89.0 cm³/mol. The molecule has 1 aromatic rings. The SMILES string of the molecule is Cc1ccc(OCC(=O)N2CCC(NS(C)(=O)=O)CC2)c(C)c1. The van der Waals surface area contributed by atoms with Crippen LogP contribution in [-0.2, 0) is 14.8 Å². The minimum absolute atomic E-state index is 0.00801. The molecule has 1 aromatic carbocycles. The molecule has 0 saturated carbocycles. The Morgan fingerprint density at radius 3 is 2.52 bits per heavy atom. The third kappa shape index (κ3) is 5.51. The van der Waals surface area contributed by atoms with Gasteiger partial charge >= 0.3 is 0 Å². The molecule has 128 valence electrons. The number of carbonyl (C=O) groups excluding carboxylic acids is 1. The van der Waals surface area contributed by atoms with Crippen molar-refractivity contribution in [3.05, 3.63) is 29.3 Å². The number of hydrogen-bond acceptors (Lipinski definition) is 4. The second-order valence-electron chi connectivity index (χ2n) is 6.10. The molecule has 1 aliphatic rings. The van der Waals surface area contributed by atoms with Crippen LogP contribution >= 0.6 is 0 Å². The van der Waals surface area contributed by atoms with E-state index >= 15 is 0 Å². The Balaban J connectivity index is 1.81. The average molecular weight is 340 g/mol. The molecule has 0 aromatic heterocycles. The lowest BCUT2D eigenvalue weighted by Gasteiger charge is -2.32. The number of piperidine rings is 1. The Morgan fingerprint density at radius 1 is 1.30 bits per heavy atom. The average Bonchev–Trinajstić information content (AvgIpc) is 2.45.